The number of piperidine rings is 1. The standard InChI is InChI=1S/C10H15N5O2/c1-14-9(16)7-2-4-15(5-3-12-13-11)6-8(7)10(14)17/h7-8H,2-6H2,1H3/t7-,8-/m0/s1. The first-order valence-corrected chi connectivity index (χ1v) is 5.69. The van der Waals surface area contributed by atoms with E-state index in [9.17, 15) is 9.59 Å². The number of fused-ring (bicyclic) bond motifs is 1. The van der Waals surface area contributed by atoms with Crippen molar-refractivity contribution in [2.45, 2.75) is 6.42 Å². The first-order chi connectivity index (χ1) is 8.15. The normalized spacial score (nSPS) is 29.1. The highest BCUT2D eigenvalue weighted by molar-refractivity contribution is 6.05. The monoisotopic (exact) mass is 237 g/mol. The molecule has 2 fully saturated rings. The summed E-state index contributed by atoms with van der Waals surface area (Å²) in [5.41, 5.74) is 8.19. The molecule has 0 aromatic carbocycles. The molecule has 7 nitrogen and oxygen atoms in total. The molecule has 0 N–H and O–H groups in total. The van der Waals surface area contributed by atoms with Gasteiger partial charge in [-0.1, -0.05) is 5.11 Å². The molecule has 92 valence electrons. The van der Waals surface area contributed by atoms with Gasteiger partial charge in [0.1, 0.15) is 0 Å². The third kappa shape index (κ3) is 2.11. The van der Waals surface area contributed by atoms with Crippen molar-refractivity contribution in [3.63, 3.8) is 0 Å². The molecule has 2 saturated heterocycles. The van der Waals surface area contributed by atoms with Crippen molar-refractivity contribution in [1.29, 1.82) is 0 Å². The lowest BCUT2D eigenvalue weighted by Gasteiger charge is -2.31. The average molecular weight is 237 g/mol. The third-order valence-electron chi connectivity index (χ3n) is 3.57. The Hall–Kier alpha value is -1.59. The highest BCUT2D eigenvalue weighted by Gasteiger charge is 2.47. The van der Waals surface area contributed by atoms with Gasteiger partial charge in [-0.05, 0) is 18.5 Å². The van der Waals surface area contributed by atoms with Gasteiger partial charge in [0.05, 0.1) is 11.8 Å². The van der Waals surface area contributed by atoms with Crippen molar-refractivity contribution in [1.82, 2.24) is 9.80 Å². The van der Waals surface area contributed by atoms with Crippen molar-refractivity contribution in [2.24, 2.45) is 17.0 Å². The number of azide groups is 1. The number of hydrogen-bond acceptors (Lipinski definition) is 4. The smallest absolute Gasteiger partial charge is 0.234 e. The Labute approximate surface area is 99.0 Å². The molecule has 0 unspecified atom stereocenters. The SMILES string of the molecule is CN1C(=O)[C@H]2CCN(CCN=[N+]=[N-])C[C@@H]2C1=O. The fourth-order valence-electron chi connectivity index (χ4n) is 2.61. The first-order valence-electron chi connectivity index (χ1n) is 5.69. The minimum absolute atomic E-state index is 0.0466. The number of nitrogens with zero attached hydrogens (tertiary/aromatic N) is 5. The minimum Gasteiger partial charge on any atom is -0.302 e. The molecule has 2 amide bonds. The van der Waals surface area contributed by atoms with Crippen LogP contribution in [0, 0.1) is 11.8 Å². The van der Waals surface area contributed by atoms with Crippen LogP contribution in [0.1, 0.15) is 6.42 Å². The lowest BCUT2D eigenvalue weighted by molar-refractivity contribution is -0.138. The summed E-state index contributed by atoms with van der Waals surface area (Å²) >= 11 is 0. The van der Waals surface area contributed by atoms with Crippen molar-refractivity contribution >= 4 is 11.8 Å². The van der Waals surface area contributed by atoms with Gasteiger partial charge in [-0.3, -0.25) is 14.5 Å². The van der Waals surface area contributed by atoms with Gasteiger partial charge < -0.3 is 4.90 Å². The van der Waals surface area contributed by atoms with Crippen LogP contribution in [-0.4, -0.2) is 54.8 Å². The lowest BCUT2D eigenvalue weighted by atomic mass is 9.88. The van der Waals surface area contributed by atoms with Crippen LogP contribution < -0.4 is 0 Å². The molecule has 17 heavy (non-hydrogen) atoms. The van der Waals surface area contributed by atoms with E-state index in [4.69, 9.17) is 5.53 Å². The molecule has 2 heterocycles. The van der Waals surface area contributed by atoms with Crippen LogP contribution in [0.4, 0.5) is 0 Å². The van der Waals surface area contributed by atoms with Crippen LogP contribution >= 0.6 is 0 Å². The van der Waals surface area contributed by atoms with Gasteiger partial charge in [-0.25, -0.2) is 0 Å². The lowest BCUT2D eigenvalue weighted by Crippen LogP contribution is -2.42. The number of likely N-dealkylation sites (tertiary alicyclic amines) is 2. The van der Waals surface area contributed by atoms with E-state index >= 15 is 0 Å². The van der Waals surface area contributed by atoms with E-state index in [1.807, 2.05) is 0 Å². The third-order valence-corrected chi connectivity index (χ3v) is 3.57. The number of rotatable bonds is 3. The Kier molecular flexibility index (Phi) is 3.31. The van der Waals surface area contributed by atoms with Gasteiger partial charge in [-0.15, -0.1) is 0 Å². The van der Waals surface area contributed by atoms with E-state index in [0.29, 0.717) is 19.6 Å². The highest BCUT2D eigenvalue weighted by atomic mass is 16.2. The van der Waals surface area contributed by atoms with Gasteiger partial charge in [0.25, 0.3) is 0 Å². The second-order valence-electron chi connectivity index (χ2n) is 4.49. The Morgan fingerprint density at radius 1 is 1.41 bits per heavy atom. The molecule has 0 bridgehead atoms. The van der Waals surface area contributed by atoms with Crippen LogP contribution in [-0.2, 0) is 9.59 Å². The molecule has 2 atom stereocenters. The summed E-state index contributed by atoms with van der Waals surface area (Å²) in [6, 6.07) is 0. The number of imide groups is 1. The van der Waals surface area contributed by atoms with Gasteiger partial charge in [0.2, 0.25) is 11.8 Å². The summed E-state index contributed by atoms with van der Waals surface area (Å²) in [6.45, 7) is 2.44. The van der Waals surface area contributed by atoms with Gasteiger partial charge >= 0.3 is 0 Å². The minimum atomic E-state index is -0.202. The summed E-state index contributed by atoms with van der Waals surface area (Å²) < 4.78 is 0. The average Bonchev–Trinajstić information content (AvgIpc) is 2.55. The van der Waals surface area contributed by atoms with Gasteiger partial charge in [0.15, 0.2) is 0 Å². The predicted molar refractivity (Wildman–Crippen MR) is 59.8 cm³/mol. The van der Waals surface area contributed by atoms with E-state index in [-0.39, 0.29) is 23.7 Å². The molecular weight excluding hydrogens is 222 g/mol. The van der Waals surface area contributed by atoms with Crippen LogP contribution in [0.2, 0.25) is 0 Å². The van der Waals surface area contributed by atoms with Crippen LogP contribution in [0.15, 0.2) is 5.11 Å². The van der Waals surface area contributed by atoms with E-state index in [0.717, 1.165) is 13.0 Å². The fraction of sp³-hybridized carbons (Fsp3) is 0.800. The molecule has 0 saturated carbocycles. The van der Waals surface area contributed by atoms with E-state index in [1.54, 1.807) is 7.05 Å². The van der Waals surface area contributed by atoms with Crippen molar-refractivity contribution in [3.05, 3.63) is 10.4 Å². The van der Waals surface area contributed by atoms with Crippen molar-refractivity contribution < 1.29 is 9.59 Å². The molecule has 0 aliphatic carbocycles. The summed E-state index contributed by atoms with van der Waals surface area (Å²) in [4.78, 5) is 29.6. The van der Waals surface area contributed by atoms with Crippen LogP contribution in [0.3, 0.4) is 0 Å². The first kappa shape index (κ1) is 11.9. The number of hydrogen-bond donors (Lipinski definition) is 0. The summed E-state index contributed by atoms with van der Waals surface area (Å²) in [5.74, 6) is -0.460. The fourth-order valence-corrected chi connectivity index (χ4v) is 2.61. The quantitative estimate of drug-likeness (QED) is 0.304. The van der Waals surface area contributed by atoms with E-state index in [1.165, 1.54) is 4.90 Å². The topological polar surface area (TPSA) is 89.4 Å². The Balaban J connectivity index is 1.97. The molecule has 0 radical (unpaired) electrons. The molecule has 2 rings (SSSR count). The zero-order valence-electron chi connectivity index (χ0n) is 9.74. The van der Waals surface area contributed by atoms with Crippen molar-refractivity contribution in [3.8, 4) is 0 Å². The van der Waals surface area contributed by atoms with Crippen LogP contribution in [0.5, 0.6) is 0 Å². The summed E-state index contributed by atoms with van der Waals surface area (Å²) in [6.07, 6.45) is 0.718. The zero-order valence-corrected chi connectivity index (χ0v) is 9.74. The predicted octanol–water partition coefficient (Wildman–Crippen LogP) is 0.233. The number of amides is 2. The molecule has 0 spiro atoms. The highest BCUT2D eigenvalue weighted by Crippen LogP contribution is 2.32. The molecule has 2 aliphatic rings. The second-order valence-corrected chi connectivity index (χ2v) is 4.49. The maximum atomic E-state index is 11.8. The molecule has 0 aromatic heterocycles. The summed E-state index contributed by atoms with van der Waals surface area (Å²) in [5, 5.41) is 3.48. The van der Waals surface area contributed by atoms with Crippen LogP contribution in [0.25, 0.3) is 10.4 Å². The zero-order chi connectivity index (χ0) is 12.4. The molecular formula is C10H15N5O2. The number of carbonyl (C=O) groups is 2. The number of carbonyl (C=O) groups excluding carboxylic acids is 2. The summed E-state index contributed by atoms with van der Waals surface area (Å²) in [7, 11) is 1.55. The largest absolute Gasteiger partial charge is 0.302 e. The maximum absolute atomic E-state index is 11.8. The van der Waals surface area contributed by atoms with Crippen molar-refractivity contribution in [2.75, 3.05) is 33.2 Å². The Morgan fingerprint density at radius 3 is 2.82 bits per heavy atom. The maximum Gasteiger partial charge on any atom is 0.234 e. The van der Waals surface area contributed by atoms with E-state index in [2.05, 4.69) is 14.9 Å². The Morgan fingerprint density at radius 2 is 2.12 bits per heavy atom. The van der Waals surface area contributed by atoms with Gasteiger partial charge in [-0.2, -0.15) is 0 Å². The second kappa shape index (κ2) is 4.73. The molecule has 7 heteroatoms. The van der Waals surface area contributed by atoms with E-state index < -0.39 is 0 Å². The molecule has 2 aliphatic heterocycles. The molecule has 0 aromatic rings. The Bertz CT molecular complexity index is 390. The van der Waals surface area contributed by atoms with Gasteiger partial charge in [0, 0.05) is 31.6 Å².